The van der Waals surface area contributed by atoms with Gasteiger partial charge in [0.05, 0.1) is 26.3 Å². The number of rotatable bonds is 5. The molecule has 0 aliphatic heterocycles. The number of methoxy groups -OCH3 is 2. The Balaban J connectivity index is 2.23. The van der Waals surface area contributed by atoms with Crippen LogP contribution in [0.5, 0.6) is 11.5 Å². The topological polar surface area (TPSA) is 71.2 Å². The lowest BCUT2D eigenvalue weighted by Gasteiger charge is -2.16. The van der Waals surface area contributed by atoms with Crippen LogP contribution in [0.4, 0.5) is 0 Å². The first-order chi connectivity index (χ1) is 12.0. The number of fused-ring (bicyclic) bond motifs is 1. The zero-order valence-corrected chi connectivity index (χ0v) is 15.1. The molecular weight excluding hydrogens is 320 g/mol. The predicted molar refractivity (Wildman–Crippen MR) is 95.6 cm³/mol. The molecule has 0 saturated heterocycles. The fraction of sp³-hybridized carbons (Fsp3) is 0.389. The lowest BCUT2D eigenvalue weighted by atomic mass is 10.1. The quantitative estimate of drug-likeness (QED) is 0.712. The van der Waals surface area contributed by atoms with Crippen LogP contribution in [0.25, 0.3) is 10.9 Å². The minimum Gasteiger partial charge on any atom is -0.493 e. The normalized spacial score (nSPS) is 11.3. The van der Waals surface area contributed by atoms with Gasteiger partial charge in [-0.15, -0.1) is 0 Å². The van der Waals surface area contributed by atoms with Gasteiger partial charge in [0.1, 0.15) is 12.2 Å². The molecule has 0 atom stereocenters. The van der Waals surface area contributed by atoms with Crippen molar-refractivity contribution in [3.8, 4) is 11.5 Å². The number of hydrogen-bond acceptors (Lipinski definition) is 5. The number of ether oxygens (including phenoxy) is 2. The smallest absolute Gasteiger partial charge is 0.251 e. The van der Waals surface area contributed by atoms with Gasteiger partial charge in [-0.3, -0.25) is 4.79 Å². The molecule has 132 valence electrons. The van der Waals surface area contributed by atoms with Gasteiger partial charge in [0, 0.05) is 23.6 Å². The van der Waals surface area contributed by atoms with Crippen LogP contribution < -0.4 is 15.0 Å². The average molecular weight is 342 g/mol. The molecule has 25 heavy (non-hydrogen) atoms. The van der Waals surface area contributed by atoms with Crippen molar-refractivity contribution in [2.75, 3.05) is 14.2 Å². The first kappa shape index (κ1) is 17.0. The Morgan fingerprint density at radius 1 is 1.12 bits per heavy atom. The van der Waals surface area contributed by atoms with E-state index in [-0.39, 0.29) is 11.6 Å². The molecule has 0 fully saturated rings. The van der Waals surface area contributed by atoms with Gasteiger partial charge in [-0.1, -0.05) is 0 Å². The molecule has 7 heteroatoms. The van der Waals surface area contributed by atoms with Gasteiger partial charge in [0.25, 0.3) is 5.56 Å². The second-order valence-corrected chi connectivity index (χ2v) is 6.19. The van der Waals surface area contributed by atoms with Gasteiger partial charge < -0.3 is 14.0 Å². The van der Waals surface area contributed by atoms with E-state index in [0.717, 1.165) is 22.3 Å². The highest BCUT2D eigenvalue weighted by molar-refractivity contribution is 5.86. The fourth-order valence-electron chi connectivity index (χ4n) is 2.99. The molecule has 0 aliphatic carbocycles. The molecule has 3 rings (SSSR count). The lowest BCUT2D eigenvalue weighted by molar-refractivity contribution is 0.355. The van der Waals surface area contributed by atoms with Gasteiger partial charge >= 0.3 is 0 Å². The van der Waals surface area contributed by atoms with Crippen LogP contribution in [0.15, 0.2) is 29.3 Å². The maximum atomic E-state index is 12.6. The predicted octanol–water partition coefficient (Wildman–Crippen LogP) is 2.55. The third kappa shape index (κ3) is 2.97. The van der Waals surface area contributed by atoms with E-state index in [1.807, 2.05) is 37.6 Å². The summed E-state index contributed by atoms with van der Waals surface area (Å²) in [6.07, 6.45) is 1.51. The first-order valence-electron chi connectivity index (χ1n) is 8.10. The third-order valence-corrected chi connectivity index (χ3v) is 4.26. The van der Waals surface area contributed by atoms with E-state index in [4.69, 9.17) is 9.47 Å². The van der Waals surface area contributed by atoms with Crippen molar-refractivity contribution in [1.82, 2.24) is 19.3 Å². The molecule has 0 aliphatic rings. The largest absolute Gasteiger partial charge is 0.493 e. The lowest BCUT2D eigenvalue weighted by Crippen LogP contribution is -2.23. The summed E-state index contributed by atoms with van der Waals surface area (Å²) in [5.74, 6) is 1.95. The number of aryl methyl sites for hydroxylation is 1. The summed E-state index contributed by atoms with van der Waals surface area (Å²) < 4.78 is 14.3. The van der Waals surface area contributed by atoms with Crippen molar-refractivity contribution < 1.29 is 9.47 Å². The van der Waals surface area contributed by atoms with Crippen molar-refractivity contribution in [1.29, 1.82) is 0 Å². The minimum atomic E-state index is -0.0875. The van der Waals surface area contributed by atoms with E-state index < -0.39 is 0 Å². The summed E-state index contributed by atoms with van der Waals surface area (Å²) >= 11 is 0. The summed E-state index contributed by atoms with van der Waals surface area (Å²) in [6.45, 7) is 6.31. The second-order valence-electron chi connectivity index (χ2n) is 6.19. The van der Waals surface area contributed by atoms with E-state index in [2.05, 4.69) is 10.1 Å². The Labute approximate surface area is 145 Å². The fourth-order valence-corrected chi connectivity index (χ4v) is 2.99. The zero-order valence-electron chi connectivity index (χ0n) is 15.1. The van der Waals surface area contributed by atoms with Gasteiger partial charge in [-0.25, -0.2) is 9.67 Å². The molecule has 0 bridgehead atoms. The number of hydrogen-bond donors (Lipinski definition) is 0. The van der Waals surface area contributed by atoms with Gasteiger partial charge in [0.15, 0.2) is 11.5 Å². The first-order valence-corrected chi connectivity index (χ1v) is 8.10. The van der Waals surface area contributed by atoms with E-state index in [1.54, 1.807) is 24.9 Å². The molecule has 2 heterocycles. The van der Waals surface area contributed by atoms with Crippen molar-refractivity contribution in [2.24, 2.45) is 0 Å². The molecule has 0 amide bonds. The van der Waals surface area contributed by atoms with E-state index in [0.29, 0.717) is 18.0 Å². The Bertz CT molecular complexity index is 972. The minimum absolute atomic E-state index is 0.0875. The number of aromatic nitrogens is 4. The Kier molecular flexibility index (Phi) is 4.48. The summed E-state index contributed by atoms with van der Waals surface area (Å²) in [6, 6.07) is 5.52. The molecule has 0 unspecified atom stereocenters. The molecule has 2 aromatic heterocycles. The van der Waals surface area contributed by atoms with Crippen molar-refractivity contribution in [2.45, 2.75) is 33.4 Å². The summed E-state index contributed by atoms with van der Waals surface area (Å²) in [7, 11) is 3.18. The van der Waals surface area contributed by atoms with Gasteiger partial charge in [-0.2, -0.15) is 5.10 Å². The van der Waals surface area contributed by atoms with Crippen molar-refractivity contribution in [3.63, 3.8) is 0 Å². The van der Waals surface area contributed by atoms with Crippen molar-refractivity contribution >= 4 is 10.9 Å². The van der Waals surface area contributed by atoms with Crippen LogP contribution >= 0.6 is 0 Å². The highest BCUT2D eigenvalue weighted by Crippen LogP contribution is 2.33. The summed E-state index contributed by atoms with van der Waals surface area (Å²) in [4.78, 5) is 17.0. The molecule has 7 nitrogen and oxygen atoms in total. The van der Waals surface area contributed by atoms with Gasteiger partial charge in [0.2, 0.25) is 0 Å². The van der Waals surface area contributed by atoms with Crippen LogP contribution in [0.2, 0.25) is 0 Å². The zero-order chi connectivity index (χ0) is 18.1. The van der Waals surface area contributed by atoms with Gasteiger partial charge in [-0.05, 0) is 32.4 Å². The third-order valence-electron chi connectivity index (χ3n) is 4.26. The van der Waals surface area contributed by atoms with Crippen LogP contribution in [0.3, 0.4) is 0 Å². The molecule has 0 saturated carbocycles. The maximum Gasteiger partial charge on any atom is 0.251 e. The van der Waals surface area contributed by atoms with E-state index >= 15 is 0 Å². The van der Waals surface area contributed by atoms with Crippen LogP contribution in [0.1, 0.15) is 31.3 Å². The van der Waals surface area contributed by atoms with Crippen LogP contribution in [-0.2, 0) is 6.54 Å². The molecule has 0 radical (unpaired) electrons. The van der Waals surface area contributed by atoms with E-state index in [1.165, 1.54) is 6.33 Å². The molecular formula is C18H22N4O3. The highest BCUT2D eigenvalue weighted by atomic mass is 16.5. The summed E-state index contributed by atoms with van der Waals surface area (Å²) in [5, 5.41) is 5.18. The number of pyridine rings is 1. The Morgan fingerprint density at radius 2 is 1.80 bits per heavy atom. The van der Waals surface area contributed by atoms with E-state index in [9.17, 15) is 4.79 Å². The summed E-state index contributed by atoms with van der Waals surface area (Å²) in [5.41, 5.74) is 1.58. The SMILES string of the molecule is COc1cc2c(C)cc(=O)n(Cc3ncnn3C(C)C)c2cc1OC. The molecule has 0 spiro atoms. The highest BCUT2D eigenvalue weighted by Gasteiger charge is 2.15. The Hall–Kier alpha value is -2.83. The molecule has 3 aromatic rings. The standard InChI is InChI=1S/C18H22N4O3/c1-11(2)22-17(19-10-20-22)9-21-14-8-16(25-5)15(24-4)7-13(14)12(3)6-18(21)23/h6-8,10-11H,9H2,1-5H3. The Morgan fingerprint density at radius 3 is 2.44 bits per heavy atom. The number of nitrogens with zero attached hydrogens (tertiary/aromatic N) is 4. The molecule has 1 aromatic carbocycles. The van der Waals surface area contributed by atoms with Crippen molar-refractivity contribution in [3.05, 3.63) is 46.3 Å². The average Bonchev–Trinajstić information content (AvgIpc) is 3.06. The van der Waals surface area contributed by atoms with Crippen LogP contribution in [-0.4, -0.2) is 33.6 Å². The maximum absolute atomic E-state index is 12.6. The molecule has 0 N–H and O–H groups in total. The van der Waals surface area contributed by atoms with Crippen LogP contribution in [0, 0.1) is 6.92 Å². The second kappa shape index (κ2) is 6.58. The number of benzene rings is 1. The monoisotopic (exact) mass is 342 g/mol.